The standard InChI is InChI=1S/C24H29F3O4/c1-29-23(28)16-8-6-4-2-3-5-7-14-21-22(31-21)15-9-10-17-30-20-13-11-12-19(18-20)24(25,26)27/h2,4-5,7,9-13,18,21-22H,3,6,8,14-17H2,1H3/b4-2-,7-5-,10-9-/t21-,22+/m1/s1. The van der Waals surface area contributed by atoms with Gasteiger partial charge in [-0.1, -0.05) is 42.5 Å². The van der Waals surface area contributed by atoms with Crippen molar-refractivity contribution in [2.45, 2.75) is 56.9 Å². The van der Waals surface area contributed by atoms with E-state index in [-0.39, 0.29) is 30.5 Å². The molecule has 0 saturated carbocycles. The fourth-order valence-electron chi connectivity index (χ4n) is 2.88. The highest BCUT2D eigenvalue weighted by molar-refractivity contribution is 5.69. The highest BCUT2D eigenvalue weighted by Crippen LogP contribution is 2.31. The summed E-state index contributed by atoms with van der Waals surface area (Å²) in [6.07, 6.45) is 12.6. The van der Waals surface area contributed by atoms with Gasteiger partial charge < -0.3 is 14.2 Å². The van der Waals surface area contributed by atoms with Gasteiger partial charge in [0, 0.05) is 6.42 Å². The summed E-state index contributed by atoms with van der Waals surface area (Å²) < 4.78 is 53.5. The lowest BCUT2D eigenvalue weighted by atomic mass is 10.1. The number of alkyl halides is 3. The summed E-state index contributed by atoms with van der Waals surface area (Å²) in [6.45, 7) is 0.213. The predicted molar refractivity (Wildman–Crippen MR) is 113 cm³/mol. The first-order chi connectivity index (χ1) is 14.9. The molecule has 1 fully saturated rings. The number of ether oxygens (including phenoxy) is 3. The lowest BCUT2D eigenvalue weighted by Crippen LogP contribution is -2.05. The maximum atomic E-state index is 12.7. The number of carbonyl (C=O) groups excluding carboxylic acids is 1. The first kappa shape index (κ1) is 24.7. The molecule has 0 amide bonds. The first-order valence-electron chi connectivity index (χ1n) is 10.4. The number of hydrogen-bond donors (Lipinski definition) is 0. The fourth-order valence-corrected chi connectivity index (χ4v) is 2.88. The first-order valence-corrected chi connectivity index (χ1v) is 10.4. The van der Waals surface area contributed by atoms with Gasteiger partial charge in [-0.15, -0.1) is 0 Å². The van der Waals surface area contributed by atoms with E-state index in [1.807, 2.05) is 6.08 Å². The van der Waals surface area contributed by atoms with E-state index >= 15 is 0 Å². The number of hydrogen-bond acceptors (Lipinski definition) is 4. The van der Waals surface area contributed by atoms with Crippen molar-refractivity contribution in [1.29, 1.82) is 0 Å². The Labute approximate surface area is 181 Å². The Morgan fingerprint density at radius 3 is 2.48 bits per heavy atom. The molecule has 1 aromatic rings. The van der Waals surface area contributed by atoms with Gasteiger partial charge in [0.2, 0.25) is 0 Å². The van der Waals surface area contributed by atoms with Crippen LogP contribution in [0.3, 0.4) is 0 Å². The maximum absolute atomic E-state index is 12.7. The van der Waals surface area contributed by atoms with Gasteiger partial charge in [-0.25, -0.2) is 0 Å². The van der Waals surface area contributed by atoms with Crippen molar-refractivity contribution in [2.24, 2.45) is 0 Å². The van der Waals surface area contributed by atoms with Crippen LogP contribution in [0.5, 0.6) is 5.75 Å². The van der Waals surface area contributed by atoms with Gasteiger partial charge in [-0.2, -0.15) is 13.2 Å². The van der Waals surface area contributed by atoms with Crippen LogP contribution in [0.25, 0.3) is 0 Å². The highest BCUT2D eigenvalue weighted by Gasteiger charge is 2.36. The number of halogens is 3. The third kappa shape index (κ3) is 10.4. The molecule has 0 aliphatic carbocycles. The molecule has 4 nitrogen and oxygen atoms in total. The van der Waals surface area contributed by atoms with Crippen molar-refractivity contribution < 1.29 is 32.2 Å². The molecule has 2 atom stereocenters. The van der Waals surface area contributed by atoms with E-state index in [4.69, 9.17) is 9.47 Å². The topological polar surface area (TPSA) is 48.1 Å². The molecule has 1 saturated heterocycles. The molecule has 2 rings (SSSR count). The third-order valence-electron chi connectivity index (χ3n) is 4.68. The Bertz CT molecular complexity index is 768. The van der Waals surface area contributed by atoms with Crippen LogP contribution >= 0.6 is 0 Å². The second-order valence-corrected chi connectivity index (χ2v) is 7.14. The van der Waals surface area contributed by atoms with Crippen LogP contribution in [0.4, 0.5) is 13.2 Å². The van der Waals surface area contributed by atoms with Crippen molar-refractivity contribution in [3.8, 4) is 5.75 Å². The summed E-state index contributed by atoms with van der Waals surface area (Å²) >= 11 is 0. The SMILES string of the molecule is COC(=O)CCC/C=C\C/C=C\C[C@H]1O[C@H]1C/C=C\COc1cccc(C(F)(F)F)c1. The van der Waals surface area contributed by atoms with E-state index in [1.165, 1.54) is 19.2 Å². The van der Waals surface area contributed by atoms with E-state index in [0.29, 0.717) is 6.42 Å². The number of benzene rings is 1. The van der Waals surface area contributed by atoms with Crippen molar-refractivity contribution >= 4 is 5.97 Å². The van der Waals surface area contributed by atoms with Gasteiger partial charge >= 0.3 is 12.1 Å². The average molecular weight is 438 g/mol. The molecular weight excluding hydrogens is 409 g/mol. The molecule has 1 aliphatic heterocycles. The zero-order valence-corrected chi connectivity index (χ0v) is 17.6. The Hall–Kier alpha value is -2.54. The predicted octanol–water partition coefficient (Wildman–Crippen LogP) is 6.03. The molecule has 0 N–H and O–H groups in total. The van der Waals surface area contributed by atoms with Crippen LogP contribution in [0.15, 0.2) is 60.7 Å². The molecule has 0 unspecified atom stereocenters. The summed E-state index contributed by atoms with van der Waals surface area (Å²) in [5.41, 5.74) is -0.717. The molecule has 0 aromatic heterocycles. The Balaban J connectivity index is 1.51. The number of unbranched alkanes of at least 4 members (excludes halogenated alkanes) is 1. The quantitative estimate of drug-likeness (QED) is 0.163. The molecule has 170 valence electrons. The van der Waals surface area contributed by atoms with Gasteiger partial charge in [0.1, 0.15) is 12.4 Å². The van der Waals surface area contributed by atoms with Crippen LogP contribution in [0.2, 0.25) is 0 Å². The second kappa shape index (κ2) is 13.0. The number of rotatable bonds is 13. The zero-order chi connectivity index (χ0) is 22.5. The van der Waals surface area contributed by atoms with Crippen molar-refractivity contribution in [3.05, 3.63) is 66.3 Å². The van der Waals surface area contributed by atoms with E-state index in [1.54, 1.807) is 6.08 Å². The second-order valence-electron chi connectivity index (χ2n) is 7.14. The highest BCUT2D eigenvalue weighted by atomic mass is 19.4. The number of carbonyl (C=O) groups is 1. The number of allylic oxidation sites excluding steroid dienone is 3. The minimum absolute atomic E-state index is 0.176. The van der Waals surface area contributed by atoms with Gasteiger partial charge in [0.05, 0.1) is 24.9 Å². The molecule has 1 heterocycles. The van der Waals surface area contributed by atoms with E-state index in [2.05, 4.69) is 29.0 Å². The smallest absolute Gasteiger partial charge is 0.416 e. The normalized spacial score (nSPS) is 18.8. The number of methoxy groups -OCH3 is 1. The van der Waals surface area contributed by atoms with Crippen LogP contribution in [0, 0.1) is 0 Å². The minimum atomic E-state index is -4.37. The van der Waals surface area contributed by atoms with Gasteiger partial charge in [0.15, 0.2) is 0 Å². The molecule has 1 aliphatic rings. The third-order valence-corrected chi connectivity index (χ3v) is 4.68. The largest absolute Gasteiger partial charge is 0.490 e. The van der Waals surface area contributed by atoms with E-state index < -0.39 is 11.7 Å². The van der Waals surface area contributed by atoms with E-state index in [0.717, 1.165) is 44.2 Å². The lowest BCUT2D eigenvalue weighted by Gasteiger charge is -2.08. The molecule has 7 heteroatoms. The summed E-state index contributed by atoms with van der Waals surface area (Å²) in [5.74, 6) is 0.0213. The van der Waals surface area contributed by atoms with Crippen LogP contribution in [-0.2, 0) is 20.4 Å². The maximum Gasteiger partial charge on any atom is 0.416 e. The van der Waals surface area contributed by atoms with Crippen molar-refractivity contribution in [1.82, 2.24) is 0 Å². The monoisotopic (exact) mass is 438 g/mol. The molecule has 0 bridgehead atoms. The van der Waals surface area contributed by atoms with Gasteiger partial charge in [-0.3, -0.25) is 4.79 Å². The molecule has 0 spiro atoms. The summed E-state index contributed by atoms with van der Waals surface area (Å²) in [4.78, 5) is 11.0. The number of epoxide rings is 1. The molecule has 1 aromatic carbocycles. The van der Waals surface area contributed by atoms with Crippen LogP contribution in [-0.4, -0.2) is 31.9 Å². The van der Waals surface area contributed by atoms with Gasteiger partial charge in [-0.05, 0) is 50.3 Å². The molecule has 31 heavy (non-hydrogen) atoms. The summed E-state index contributed by atoms with van der Waals surface area (Å²) in [7, 11) is 1.40. The number of esters is 1. The average Bonchev–Trinajstić information content (AvgIpc) is 3.49. The molecule has 0 radical (unpaired) electrons. The fraction of sp³-hybridized carbons (Fsp3) is 0.458. The van der Waals surface area contributed by atoms with Gasteiger partial charge in [0.25, 0.3) is 0 Å². The van der Waals surface area contributed by atoms with Crippen molar-refractivity contribution in [3.63, 3.8) is 0 Å². The Kier molecular flexibility index (Phi) is 10.4. The molecular formula is C24H29F3O4. The van der Waals surface area contributed by atoms with Crippen molar-refractivity contribution in [2.75, 3.05) is 13.7 Å². The summed E-state index contributed by atoms with van der Waals surface area (Å²) in [6, 6.07) is 4.86. The Morgan fingerprint density at radius 1 is 1.06 bits per heavy atom. The van der Waals surface area contributed by atoms with Crippen LogP contribution in [0.1, 0.15) is 44.1 Å². The minimum Gasteiger partial charge on any atom is -0.490 e. The Morgan fingerprint density at radius 2 is 1.77 bits per heavy atom. The van der Waals surface area contributed by atoms with Crippen LogP contribution < -0.4 is 4.74 Å². The lowest BCUT2D eigenvalue weighted by molar-refractivity contribution is -0.140. The summed E-state index contributed by atoms with van der Waals surface area (Å²) in [5, 5.41) is 0. The van der Waals surface area contributed by atoms with E-state index in [9.17, 15) is 18.0 Å². The zero-order valence-electron chi connectivity index (χ0n) is 17.6.